The lowest BCUT2D eigenvalue weighted by Gasteiger charge is -2.08. The highest BCUT2D eigenvalue weighted by molar-refractivity contribution is 5.11. The lowest BCUT2D eigenvalue weighted by molar-refractivity contribution is -0.154. The van der Waals surface area contributed by atoms with Crippen LogP contribution in [0.5, 0.6) is 5.88 Å². The summed E-state index contributed by atoms with van der Waals surface area (Å²) in [6.45, 7) is -1.35. The Morgan fingerprint density at radius 2 is 2.00 bits per heavy atom. The van der Waals surface area contributed by atoms with Crippen LogP contribution in [-0.2, 0) is 6.54 Å². The van der Waals surface area contributed by atoms with Crippen LogP contribution in [0, 0.1) is 0 Å². The smallest absolute Gasteiger partial charge is 0.422 e. The number of rotatable bonds is 4. The molecule has 2 rings (SSSR count). The van der Waals surface area contributed by atoms with Gasteiger partial charge in [0.25, 0.3) is 5.56 Å². The van der Waals surface area contributed by atoms with Gasteiger partial charge < -0.3 is 4.74 Å². The number of ether oxygens (including phenoxy) is 1. The second-order valence-electron chi connectivity index (χ2n) is 3.79. The zero-order valence-electron chi connectivity index (χ0n) is 10.0. The van der Waals surface area contributed by atoms with Crippen LogP contribution in [0.1, 0.15) is 5.69 Å². The minimum atomic E-state index is -4.43. The van der Waals surface area contributed by atoms with Crippen molar-refractivity contribution < 1.29 is 17.9 Å². The molecule has 2 aromatic heterocycles. The molecule has 0 bridgehead atoms. The van der Waals surface area contributed by atoms with E-state index in [1.54, 1.807) is 0 Å². The molecule has 0 spiro atoms. The molecule has 0 aromatic carbocycles. The zero-order chi connectivity index (χ0) is 14.6. The molecule has 106 valence electrons. The van der Waals surface area contributed by atoms with Gasteiger partial charge in [-0.2, -0.15) is 18.3 Å². The molecule has 0 unspecified atom stereocenters. The van der Waals surface area contributed by atoms with Crippen LogP contribution in [-0.4, -0.2) is 32.8 Å². The van der Waals surface area contributed by atoms with Crippen LogP contribution in [0.3, 0.4) is 0 Å². The molecule has 0 amide bonds. The predicted molar refractivity (Wildman–Crippen MR) is 61.2 cm³/mol. The molecule has 0 aliphatic carbocycles. The summed E-state index contributed by atoms with van der Waals surface area (Å²) in [6, 6.07) is 5.50. The van der Waals surface area contributed by atoms with Crippen LogP contribution >= 0.6 is 0 Å². The van der Waals surface area contributed by atoms with E-state index in [1.165, 1.54) is 30.5 Å². The Bertz CT molecular complexity index is 625. The van der Waals surface area contributed by atoms with Gasteiger partial charge in [-0.15, -0.1) is 10.2 Å². The van der Waals surface area contributed by atoms with Crippen molar-refractivity contribution in [2.24, 2.45) is 0 Å². The summed E-state index contributed by atoms with van der Waals surface area (Å²) >= 11 is 0. The van der Waals surface area contributed by atoms with E-state index in [2.05, 4.69) is 20.0 Å². The van der Waals surface area contributed by atoms with Gasteiger partial charge in [-0.25, -0.2) is 4.68 Å². The van der Waals surface area contributed by atoms with Crippen LogP contribution in [0.15, 0.2) is 35.3 Å². The van der Waals surface area contributed by atoms with Gasteiger partial charge in [0, 0.05) is 18.3 Å². The van der Waals surface area contributed by atoms with E-state index < -0.39 is 12.8 Å². The van der Waals surface area contributed by atoms with E-state index in [0.717, 1.165) is 4.68 Å². The Hall–Kier alpha value is -2.45. The number of hydrogen-bond acceptors (Lipinski definition) is 5. The first-order chi connectivity index (χ1) is 9.44. The molecule has 6 nitrogen and oxygen atoms in total. The Labute approximate surface area is 110 Å². The van der Waals surface area contributed by atoms with Gasteiger partial charge in [-0.05, 0) is 12.1 Å². The SMILES string of the molecule is O=c1cccnn1Cc1ccc(OCC(F)(F)F)nn1. The number of alkyl halides is 3. The maximum Gasteiger partial charge on any atom is 0.422 e. The molecule has 0 aliphatic rings. The summed E-state index contributed by atoms with van der Waals surface area (Å²) in [5.41, 5.74) is 0.0665. The monoisotopic (exact) mass is 286 g/mol. The molecule has 0 N–H and O–H groups in total. The number of halogens is 3. The number of nitrogens with zero attached hydrogens (tertiary/aromatic N) is 4. The van der Waals surface area contributed by atoms with Crippen LogP contribution in [0.25, 0.3) is 0 Å². The van der Waals surface area contributed by atoms with Gasteiger partial charge in [-0.1, -0.05) is 0 Å². The standard InChI is InChI=1S/C11H9F3N4O2/c12-11(13,14)7-20-9-4-3-8(16-17-9)6-18-10(19)2-1-5-15-18/h1-5H,6-7H2. The largest absolute Gasteiger partial charge is 0.467 e. The molecule has 0 fully saturated rings. The van der Waals surface area contributed by atoms with Gasteiger partial charge in [0.05, 0.1) is 12.2 Å². The summed E-state index contributed by atoms with van der Waals surface area (Å²) < 4.78 is 41.4. The fraction of sp³-hybridized carbons (Fsp3) is 0.273. The topological polar surface area (TPSA) is 69.9 Å². The molecule has 0 saturated carbocycles. The van der Waals surface area contributed by atoms with Crippen molar-refractivity contribution in [1.82, 2.24) is 20.0 Å². The maximum absolute atomic E-state index is 11.9. The number of aromatic nitrogens is 4. The second kappa shape index (κ2) is 5.68. The van der Waals surface area contributed by atoms with E-state index in [9.17, 15) is 18.0 Å². The molecule has 0 saturated heterocycles. The lowest BCUT2D eigenvalue weighted by Crippen LogP contribution is -2.22. The average Bonchev–Trinajstić information content (AvgIpc) is 2.40. The molecule has 0 radical (unpaired) electrons. The van der Waals surface area contributed by atoms with E-state index in [1.807, 2.05) is 0 Å². The first kappa shape index (κ1) is 14.0. The summed E-state index contributed by atoms with van der Waals surface area (Å²) in [6.07, 6.45) is -2.99. The van der Waals surface area contributed by atoms with Gasteiger partial charge >= 0.3 is 6.18 Å². The summed E-state index contributed by atoms with van der Waals surface area (Å²) in [5.74, 6) is -0.237. The zero-order valence-corrected chi connectivity index (χ0v) is 10.0. The summed E-state index contributed by atoms with van der Waals surface area (Å²) in [4.78, 5) is 11.4. The van der Waals surface area contributed by atoms with Crippen molar-refractivity contribution in [1.29, 1.82) is 0 Å². The lowest BCUT2D eigenvalue weighted by atomic mass is 10.4. The fourth-order valence-corrected chi connectivity index (χ4v) is 1.32. The highest BCUT2D eigenvalue weighted by Gasteiger charge is 2.28. The maximum atomic E-state index is 11.9. The van der Waals surface area contributed by atoms with Crippen molar-refractivity contribution >= 4 is 0 Å². The van der Waals surface area contributed by atoms with Crippen molar-refractivity contribution in [3.8, 4) is 5.88 Å². The summed E-state index contributed by atoms with van der Waals surface area (Å²) in [7, 11) is 0. The normalized spacial score (nSPS) is 11.3. The van der Waals surface area contributed by atoms with E-state index in [4.69, 9.17) is 0 Å². The molecule has 2 aromatic rings. The van der Waals surface area contributed by atoms with E-state index >= 15 is 0 Å². The fourth-order valence-electron chi connectivity index (χ4n) is 1.32. The Balaban J connectivity index is 2.02. The minimum Gasteiger partial charge on any atom is -0.467 e. The van der Waals surface area contributed by atoms with Crippen LogP contribution in [0.4, 0.5) is 13.2 Å². The molecule has 9 heteroatoms. The third kappa shape index (κ3) is 4.04. The predicted octanol–water partition coefficient (Wildman–Crippen LogP) is 1.02. The van der Waals surface area contributed by atoms with Gasteiger partial charge in [0.1, 0.15) is 0 Å². The molecular weight excluding hydrogens is 277 g/mol. The van der Waals surface area contributed by atoms with Crippen molar-refractivity contribution in [2.45, 2.75) is 12.7 Å². The molecular formula is C11H9F3N4O2. The third-order valence-corrected chi connectivity index (χ3v) is 2.18. The van der Waals surface area contributed by atoms with Gasteiger partial charge in [-0.3, -0.25) is 4.79 Å². The van der Waals surface area contributed by atoms with Crippen molar-refractivity contribution in [2.75, 3.05) is 6.61 Å². The highest BCUT2D eigenvalue weighted by Crippen LogP contribution is 2.16. The minimum absolute atomic E-state index is 0.0756. The van der Waals surface area contributed by atoms with Gasteiger partial charge in [0.15, 0.2) is 6.61 Å². The van der Waals surface area contributed by atoms with E-state index in [0.29, 0.717) is 5.69 Å². The molecule has 0 atom stereocenters. The highest BCUT2D eigenvalue weighted by atomic mass is 19.4. The second-order valence-corrected chi connectivity index (χ2v) is 3.79. The van der Waals surface area contributed by atoms with Crippen molar-refractivity contribution in [3.05, 3.63) is 46.5 Å². The first-order valence-corrected chi connectivity index (χ1v) is 5.48. The van der Waals surface area contributed by atoms with Crippen LogP contribution < -0.4 is 10.3 Å². The Morgan fingerprint density at radius 1 is 1.20 bits per heavy atom. The molecule has 2 heterocycles. The quantitative estimate of drug-likeness (QED) is 0.839. The molecule has 0 aliphatic heterocycles. The van der Waals surface area contributed by atoms with Gasteiger partial charge in [0.2, 0.25) is 5.88 Å². The average molecular weight is 286 g/mol. The Kier molecular flexibility index (Phi) is 3.97. The van der Waals surface area contributed by atoms with E-state index in [-0.39, 0.29) is 18.0 Å². The first-order valence-electron chi connectivity index (χ1n) is 5.48. The summed E-state index contributed by atoms with van der Waals surface area (Å²) in [5, 5.41) is 11.0. The Morgan fingerprint density at radius 3 is 2.60 bits per heavy atom. The van der Waals surface area contributed by atoms with Crippen molar-refractivity contribution in [3.63, 3.8) is 0 Å². The third-order valence-electron chi connectivity index (χ3n) is 2.18. The van der Waals surface area contributed by atoms with Crippen LogP contribution in [0.2, 0.25) is 0 Å². The number of hydrogen-bond donors (Lipinski definition) is 0. The molecule has 20 heavy (non-hydrogen) atoms.